The summed E-state index contributed by atoms with van der Waals surface area (Å²) in [7, 11) is 0. The van der Waals surface area contributed by atoms with Gasteiger partial charge < -0.3 is 35.4 Å². The topological polar surface area (TPSA) is 173 Å². The molecule has 9 nitrogen and oxygen atoms in total. The number of aliphatic carboxylic acids is 2. The molecule has 106 valence electrons. The van der Waals surface area contributed by atoms with Crippen LogP contribution >= 0.6 is 0 Å². The van der Waals surface area contributed by atoms with Gasteiger partial charge >= 0.3 is 11.9 Å². The van der Waals surface area contributed by atoms with Crippen molar-refractivity contribution in [2.24, 2.45) is 0 Å². The summed E-state index contributed by atoms with van der Waals surface area (Å²) in [5.74, 6) is -2.15. The van der Waals surface area contributed by atoms with E-state index in [2.05, 4.69) is 0 Å². The van der Waals surface area contributed by atoms with Crippen molar-refractivity contribution in [3.05, 3.63) is 0 Å². The first-order chi connectivity index (χ1) is 8.26. The molecule has 0 spiro atoms. The van der Waals surface area contributed by atoms with Crippen LogP contribution in [0.4, 0.5) is 0 Å². The summed E-state index contributed by atoms with van der Waals surface area (Å²) in [6.45, 7) is -0.688. The molecule has 0 rings (SSSR count). The third-order valence-electron chi connectivity index (χ3n) is 1.62. The first-order valence-electron chi connectivity index (χ1n) is 4.80. The number of hydrogen-bond acceptors (Lipinski definition) is 7. The Labute approximate surface area is 102 Å². The molecule has 0 aromatic heterocycles. The minimum absolute atomic E-state index is 0.0869. The van der Waals surface area contributed by atoms with E-state index in [1.165, 1.54) is 0 Å². The molecule has 6 N–H and O–H groups in total. The number of aliphatic hydroxyl groups is 4. The average molecular weight is 268 g/mol. The predicted molar refractivity (Wildman–Crippen MR) is 55.7 cm³/mol. The van der Waals surface area contributed by atoms with Crippen LogP contribution in [0.2, 0.25) is 0 Å². The van der Waals surface area contributed by atoms with Gasteiger partial charge in [-0.05, 0) is 0 Å². The van der Waals surface area contributed by atoms with Crippen LogP contribution in [-0.2, 0) is 14.4 Å². The highest BCUT2D eigenvalue weighted by Gasteiger charge is 2.22. The Balaban J connectivity index is 0. The molecule has 0 aromatic carbocycles. The van der Waals surface area contributed by atoms with E-state index in [1.54, 1.807) is 0 Å². The van der Waals surface area contributed by atoms with E-state index in [9.17, 15) is 14.4 Å². The maximum Gasteiger partial charge on any atom is 0.303 e. The van der Waals surface area contributed by atoms with Crippen molar-refractivity contribution in [3.63, 3.8) is 0 Å². The third-order valence-corrected chi connectivity index (χ3v) is 1.62. The normalized spacial score (nSPS) is 14.7. The first-order valence-corrected chi connectivity index (χ1v) is 4.80. The fourth-order valence-electron chi connectivity index (χ4n) is 0.630. The summed E-state index contributed by atoms with van der Waals surface area (Å²) < 4.78 is 0. The van der Waals surface area contributed by atoms with E-state index in [-0.39, 0.29) is 19.1 Å². The molecule has 9 heteroatoms. The molecule has 0 aliphatic heterocycles. The highest BCUT2D eigenvalue weighted by molar-refractivity contribution is 5.75. The van der Waals surface area contributed by atoms with Gasteiger partial charge in [-0.3, -0.25) is 9.59 Å². The molecule has 0 heterocycles. The third kappa shape index (κ3) is 11.0. The maximum atomic E-state index is 9.76. The second kappa shape index (κ2) is 10.6. The molecule has 3 unspecified atom stereocenters. The standard InChI is InChI=1S/C5H10O5.C4H6O4/c6-1-3(8)5(10)4(9)2-7;5-3(6)1-2-4(7)8/h1,3-5,7-10H,2H2;1-2H2,(H,5,6)(H,7,8). The van der Waals surface area contributed by atoms with Gasteiger partial charge in [0, 0.05) is 0 Å². The van der Waals surface area contributed by atoms with Crippen LogP contribution in [0.3, 0.4) is 0 Å². The van der Waals surface area contributed by atoms with Crippen LogP contribution in [0.25, 0.3) is 0 Å². The second-order valence-electron chi connectivity index (χ2n) is 3.15. The van der Waals surface area contributed by atoms with Gasteiger partial charge in [0.05, 0.1) is 19.4 Å². The molecule has 0 aromatic rings. The Hall–Kier alpha value is -1.55. The smallest absolute Gasteiger partial charge is 0.303 e. The van der Waals surface area contributed by atoms with Gasteiger partial charge in [0.25, 0.3) is 0 Å². The fourth-order valence-corrected chi connectivity index (χ4v) is 0.630. The van der Waals surface area contributed by atoms with Crippen LogP contribution < -0.4 is 0 Å². The highest BCUT2D eigenvalue weighted by Crippen LogP contribution is 1.96. The van der Waals surface area contributed by atoms with Gasteiger partial charge in [0.15, 0.2) is 6.29 Å². The molecule has 0 radical (unpaired) electrons. The molecule has 0 amide bonds. The van der Waals surface area contributed by atoms with Crippen molar-refractivity contribution in [2.45, 2.75) is 31.2 Å². The number of hydrogen-bond donors (Lipinski definition) is 6. The number of carbonyl (C=O) groups is 3. The molecule has 0 saturated heterocycles. The maximum absolute atomic E-state index is 9.76. The van der Waals surface area contributed by atoms with Gasteiger partial charge in [-0.1, -0.05) is 0 Å². The second-order valence-corrected chi connectivity index (χ2v) is 3.15. The summed E-state index contributed by atoms with van der Waals surface area (Å²) in [6, 6.07) is 0. The highest BCUT2D eigenvalue weighted by atomic mass is 16.4. The van der Waals surface area contributed by atoms with Gasteiger partial charge in [0.2, 0.25) is 0 Å². The zero-order valence-corrected chi connectivity index (χ0v) is 9.34. The van der Waals surface area contributed by atoms with E-state index in [0.29, 0.717) is 0 Å². The molecule has 0 aliphatic rings. The Morgan fingerprint density at radius 2 is 1.39 bits per heavy atom. The van der Waals surface area contributed by atoms with Gasteiger partial charge in [-0.15, -0.1) is 0 Å². The average Bonchev–Trinajstić information content (AvgIpc) is 2.34. The van der Waals surface area contributed by atoms with E-state index < -0.39 is 36.9 Å². The van der Waals surface area contributed by atoms with Crippen LogP contribution in [0.15, 0.2) is 0 Å². The molecule has 0 saturated carbocycles. The molecule has 0 bridgehead atoms. The summed E-state index contributed by atoms with van der Waals surface area (Å²) in [5.41, 5.74) is 0. The monoisotopic (exact) mass is 268 g/mol. The Morgan fingerprint density at radius 1 is 1.00 bits per heavy atom. The molecule has 0 fully saturated rings. The lowest BCUT2D eigenvalue weighted by molar-refractivity contribution is -0.143. The van der Waals surface area contributed by atoms with Crippen molar-refractivity contribution in [1.29, 1.82) is 0 Å². The lowest BCUT2D eigenvalue weighted by atomic mass is 10.1. The molecular weight excluding hydrogens is 252 g/mol. The summed E-state index contributed by atoms with van der Waals surface area (Å²) in [6.07, 6.45) is -5.22. The Bertz CT molecular complexity index is 251. The van der Waals surface area contributed by atoms with Gasteiger partial charge in [0.1, 0.15) is 18.3 Å². The van der Waals surface area contributed by atoms with Crippen molar-refractivity contribution in [3.8, 4) is 0 Å². The van der Waals surface area contributed by atoms with E-state index >= 15 is 0 Å². The number of aliphatic hydroxyl groups excluding tert-OH is 4. The van der Waals surface area contributed by atoms with E-state index in [1.807, 2.05) is 0 Å². The molecule has 3 atom stereocenters. The van der Waals surface area contributed by atoms with E-state index in [4.69, 9.17) is 30.6 Å². The number of aldehydes is 1. The predicted octanol–water partition coefficient (Wildman–Crippen LogP) is -2.80. The SMILES string of the molecule is O=C(O)CCC(=O)O.O=CC(O)C(O)C(O)CO. The number of carbonyl (C=O) groups excluding carboxylic acids is 1. The van der Waals surface area contributed by atoms with Crippen LogP contribution in [0.5, 0.6) is 0 Å². The van der Waals surface area contributed by atoms with Crippen molar-refractivity contribution in [2.75, 3.05) is 6.61 Å². The zero-order chi connectivity index (χ0) is 14.7. The summed E-state index contributed by atoms with van der Waals surface area (Å²) >= 11 is 0. The Morgan fingerprint density at radius 3 is 1.61 bits per heavy atom. The van der Waals surface area contributed by atoms with Gasteiger partial charge in [-0.25, -0.2) is 0 Å². The van der Waals surface area contributed by atoms with Crippen LogP contribution in [0, 0.1) is 0 Å². The lowest BCUT2D eigenvalue weighted by Crippen LogP contribution is -2.40. The first kappa shape index (κ1) is 18.8. The fraction of sp³-hybridized carbons (Fsp3) is 0.667. The van der Waals surface area contributed by atoms with Crippen molar-refractivity contribution < 1.29 is 45.0 Å². The van der Waals surface area contributed by atoms with Crippen LogP contribution in [0.1, 0.15) is 12.8 Å². The van der Waals surface area contributed by atoms with Gasteiger partial charge in [-0.2, -0.15) is 0 Å². The number of carboxylic acid groups (broad SMARTS) is 2. The molecule has 0 aliphatic carbocycles. The Kier molecular flexibility index (Phi) is 11.1. The quantitative estimate of drug-likeness (QED) is 0.266. The number of carboxylic acids is 2. The summed E-state index contributed by atoms with van der Waals surface area (Å²) in [5, 5.41) is 49.9. The van der Waals surface area contributed by atoms with E-state index in [0.717, 1.165) is 0 Å². The van der Waals surface area contributed by atoms with Crippen molar-refractivity contribution in [1.82, 2.24) is 0 Å². The lowest BCUT2D eigenvalue weighted by Gasteiger charge is -2.16. The zero-order valence-electron chi connectivity index (χ0n) is 9.34. The molecular formula is C9H16O9. The number of rotatable bonds is 7. The minimum atomic E-state index is -1.64. The van der Waals surface area contributed by atoms with Crippen molar-refractivity contribution >= 4 is 18.2 Å². The summed E-state index contributed by atoms with van der Waals surface area (Å²) in [4.78, 5) is 29.0. The minimum Gasteiger partial charge on any atom is -0.481 e. The molecule has 18 heavy (non-hydrogen) atoms. The largest absolute Gasteiger partial charge is 0.481 e. The van der Waals surface area contributed by atoms with Crippen LogP contribution in [-0.4, -0.2) is 73.8 Å².